The van der Waals surface area contributed by atoms with Gasteiger partial charge < -0.3 is 19.4 Å². The number of aromatic nitrogens is 3. The number of benzene rings is 2. The predicted molar refractivity (Wildman–Crippen MR) is 147 cm³/mol. The predicted octanol–water partition coefficient (Wildman–Crippen LogP) is 5.28. The maximum Gasteiger partial charge on any atom is 0.341 e. The zero-order chi connectivity index (χ0) is 26.5. The highest BCUT2D eigenvalue weighted by atomic mass is 32.2. The van der Waals surface area contributed by atoms with Gasteiger partial charge in [-0.05, 0) is 42.7 Å². The molecular formula is C27H28N4O4S2. The fourth-order valence-electron chi connectivity index (χ4n) is 3.82. The summed E-state index contributed by atoms with van der Waals surface area (Å²) in [5, 5.41) is 14.4. The van der Waals surface area contributed by atoms with Gasteiger partial charge in [0.15, 0.2) is 5.16 Å². The number of rotatable bonds is 9. The summed E-state index contributed by atoms with van der Waals surface area (Å²) in [6.45, 7) is 3.99. The minimum absolute atomic E-state index is 0.117. The fraction of sp³-hybridized carbons (Fsp3) is 0.259. The van der Waals surface area contributed by atoms with Crippen molar-refractivity contribution in [3.05, 3.63) is 75.9 Å². The first-order valence-electron chi connectivity index (χ1n) is 11.5. The standard InChI is InChI=1S/C27H28N4O4S2/c1-16-6-7-17(2)20(12-16)21-14-36-25(24(21)26(33)35-5)28-23(32)15-37-27-30-29-22(31(27)3)13-18-8-10-19(34-4)11-9-18/h6-12,14H,13,15H2,1-5H3,(H,28,32). The molecule has 8 nitrogen and oxygen atoms in total. The molecule has 0 radical (unpaired) electrons. The molecule has 2 aromatic heterocycles. The molecule has 0 saturated carbocycles. The number of amides is 1. The second-order valence-electron chi connectivity index (χ2n) is 8.48. The Morgan fingerprint density at radius 1 is 1.05 bits per heavy atom. The van der Waals surface area contributed by atoms with E-state index in [1.807, 2.05) is 73.3 Å². The van der Waals surface area contributed by atoms with Crippen LogP contribution in [0.15, 0.2) is 53.0 Å². The molecule has 192 valence electrons. The van der Waals surface area contributed by atoms with E-state index in [1.54, 1.807) is 7.11 Å². The van der Waals surface area contributed by atoms with Crippen molar-refractivity contribution in [2.24, 2.45) is 7.05 Å². The second-order valence-corrected chi connectivity index (χ2v) is 10.3. The summed E-state index contributed by atoms with van der Waals surface area (Å²) in [7, 11) is 4.85. The second kappa shape index (κ2) is 11.6. The molecule has 37 heavy (non-hydrogen) atoms. The van der Waals surface area contributed by atoms with Gasteiger partial charge in [-0.15, -0.1) is 21.5 Å². The molecule has 0 saturated heterocycles. The first kappa shape index (κ1) is 26.4. The third kappa shape index (κ3) is 6.03. The Hall–Kier alpha value is -3.63. The van der Waals surface area contributed by atoms with Gasteiger partial charge in [0.2, 0.25) is 5.91 Å². The lowest BCUT2D eigenvalue weighted by molar-refractivity contribution is -0.113. The quantitative estimate of drug-likeness (QED) is 0.230. The van der Waals surface area contributed by atoms with Gasteiger partial charge in [-0.1, -0.05) is 47.7 Å². The minimum atomic E-state index is -0.489. The van der Waals surface area contributed by atoms with E-state index < -0.39 is 5.97 Å². The lowest BCUT2D eigenvalue weighted by atomic mass is 9.97. The number of nitrogens with zero attached hydrogens (tertiary/aromatic N) is 3. The first-order valence-corrected chi connectivity index (χ1v) is 13.4. The van der Waals surface area contributed by atoms with E-state index in [1.165, 1.54) is 30.2 Å². The first-order chi connectivity index (χ1) is 17.8. The van der Waals surface area contributed by atoms with E-state index in [4.69, 9.17) is 9.47 Å². The Morgan fingerprint density at radius 2 is 1.81 bits per heavy atom. The number of hydrogen-bond donors (Lipinski definition) is 1. The third-order valence-corrected chi connectivity index (χ3v) is 7.81. The summed E-state index contributed by atoms with van der Waals surface area (Å²) in [6, 6.07) is 13.9. The van der Waals surface area contributed by atoms with Crippen molar-refractivity contribution in [3.8, 4) is 16.9 Å². The highest BCUT2D eigenvalue weighted by Gasteiger charge is 2.23. The van der Waals surface area contributed by atoms with Gasteiger partial charge in [-0.3, -0.25) is 4.79 Å². The zero-order valence-corrected chi connectivity index (χ0v) is 23.0. The topological polar surface area (TPSA) is 95.3 Å². The van der Waals surface area contributed by atoms with E-state index in [2.05, 4.69) is 15.5 Å². The van der Waals surface area contributed by atoms with E-state index in [-0.39, 0.29) is 11.7 Å². The summed E-state index contributed by atoms with van der Waals surface area (Å²) in [4.78, 5) is 25.5. The molecule has 4 rings (SSSR count). The zero-order valence-electron chi connectivity index (χ0n) is 21.3. The van der Waals surface area contributed by atoms with Crippen LogP contribution in [0, 0.1) is 13.8 Å². The van der Waals surface area contributed by atoms with Gasteiger partial charge in [0.1, 0.15) is 22.1 Å². The number of thiophene rings is 1. The Labute approximate surface area is 224 Å². The molecule has 0 atom stereocenters. The van der Waals surface area contributed by atoms with Crippen LogP contribution < -0.4 is 10.1 Å². The van der Waals surface area contributed by atoms with Crippen LogP contribution in [0.5, 0.6) is 5.75 Å². The molecule has 2 heterocycles. The van der Waals surface area contributed by atoms with E-state index in [0.29, 0.717) is 22.1 Å². The minimum Gasteiger partial charge on any atom is -0.497 e. The maximum absolute atomic E-state index is 12.8. The molecule has 0 aliphatic rings. The van der Waals surface area contributed by atoms with Crippen molar-refractivity contribution in [3.63, 3.8) is 0 Å². The van der Waals surface area contributed by atoms with Crippen LogP contribution in [-0.4, -0.2) is 46.6 Å². The largest absolute Gasteiger partial charge is 0.497 e. The van der Waals surface area contributed by atoms with Crippen LogP contribution in [0.3, 0.4) is 0 Å². The molecule has 1 amide bonds. The van der Waals surface area contributed by atoms with Crippen molar-refractivity contribution < 1.29 is 19.1 Å². The summed E-state index contributed by atoms with van der Waals surface area (Å²) in [5.41, 5.74) is 5.25. The van der Waals surface area contributed by atoms with Crippen LogP contribution in [0.25, 0.3) is 11.1 Å². The summed E-state index contributed by atoms with van der Waals surface area (Å²) >= 11 is 2.59. The Balaban J connectivity index is 1.45. The van der Waals surface area contributed by atoms with Gasteiger partial charge in [0.25, 0.3) is 0 Å². The van der Waals surface area contributed by atoms with Crippen molar-refractivity contribution >= 4 is 40.0 Å². The van der Waals surface area contributed by atoms with E-state index in [0.717, 1.165) is 39.4 Å². The van der Waals surface area contributed by atoms with Crippen LogP contribution in [0.1, 0.15) is 32.9 Å². The third-order valence-electron chi connectivity index (χ3n) is 5.90. The van der Waals surface area contributed by atoms with Crippen LogP contribution in [-0.2, 0) is 23.0 Å². The van der Waals surface area contributed by atoms with E-state index in [9.17, 15) is 9.59 Å². The molecule has 0 bridgehead atoms. The van der Waals surface area contributed by atoms with Crippen LogP contribution in [0.4, 0.5) is 5.00 Å². The number of carbonyl (C=O) groups excluding carboxylic acids is 2. The molecule has 10 heteroatoms. The Kier molecular flexibility index (Phi) is 8.30. The van der Waals surface area contributed by atoms with Crippen LogP contribution in [0.2, 0.25) is 0 Å². The van der Waals surface area contributed by atoms with Gasteiger partial charge >= 0.3 is 5.97 Å². The summed E-state index contributed by atoms with van der Waals surface area (Å²) < 4.78 is 12.1. The number of anilines is 1. The van der Waals surface area contributed by atoms with Crippen molar-refractivity contribution in [1.29, 1.82) is 0 Å². The molecule has 0 aliphatic heterocycles. The smallest absolute Gasteiger partial charge is 0.341 e. The number of methoxy groups -OCH3 is 2. The lowest BCUT2D eigenvalue weighted by Gasteiger charge is -2.10. The molecule has 0 unspecified atom stereocenters. The molecule has 0 spiro atoms. The molecular weight excluding hydrogens is 508 g/mol. The molecule has 4 aromatic rings. The maximum atomic E-state index is 12.8. The highest BCUT2D eigenvalue weighted by molar-refractivity contribution is 7.99. The molecule has 0 fully saturated rings. The molecule has 0 aliphatic carbocycles. The SMILES string of the molecule is COC(=O)c1c(-c2cc(C)ccc2C)csc1NC(=O)CSc1nnc(Cc2ccc(OC)cc2)n1C. The normalized spacial score (nSPS) is 10.8. The molecule has 1 N–H and O–H groups in total. The fourth-order valence-corrected chi connectivity index (χ4v) is 5.52. The Morgan fingerprint density at radius 3 is 2.51 bits per heavy atom. The molecule has 2 aromatic carbocycles. The van der Waals surface area contributed by atoms with Crippen LogP contribution >= 0.6 is 23.1 Å². The summed E-state index contributed by atoms with van der Waals surface area (Å²) in [5.74, 6) is 0.968. The van der Waals surface area contributed by atoms with E-state index >= 15 is 0 Å². The number of carbonyl (C=O) groups is 2. The number of thioether (sulfide) groups is 1. The number of nitrogens with one attached hydrogen (secondary N) is 1. The monoisotopic (exact) mass is 536 g/mol. The van der Waals surface area contributed by atoms with Gasteiger partial charge in [0, 0.05) is 24.4 Å². The number of aryl methyl sites for hydroxylation is 2. The van der Waals surface area contributed by atoms with Crippen molar-refractivity contribution in [2.45, 2.75) is 25.4 Å². The average molecular weight is 537 g/mol. The van der Waals surface area contributed by atoms with Gasteiger partial charge in [-0.2, -0.15) is 0 Å². The number of ether oxygens (including phenoxy) is 2. The van der Waals surface area contributed by atoms with Gasteiger partial charge in [-0.25, -0.2) is 4.79 Å². The number of hydrogen-bond acceptors (Lipinski definition) is 8. The van der Waals surface area contributed by atoms with Crippen molar-refractivity contribution in [1.82, 2.24) is 14.8 Å². The number of esters is 1. The lowest BCUT2D eigenvalue weighted by Crippen LogP contribution is -2.16. The summed E-state index contributed by atoms with van der Waals surface area (Å²) in [6.07, 6.45) is 0.610. The Bertz CT molecular complexity index is 1430. The highest BCUT2D eigenvalue weighted by Crippen LogP contribution is 2.38. The van der Waals surface area contributed by atoms with Gasteiger partial charge in [0.05, 0.1) is 20.0 Å². The average Bonchev–Trinajstić information content (AvgIpc) is 3.47. The van der Waals surface area contributed by atoms with Crippen molar-refractivity contribution in [2.75, 3.05) is 25.3 Å².